The third-order valence-electron chi connectivity index (χ3n) is 3.34. The van der Waals surface area contributed by atoms with E-state index in [-0.39, 0.29) is 5.92 Å². The van der Waals surface area contributed by atoms with Crippen LogP contribution in [0.4, 0.5) is 0 Å². The largest absolute Gasteiger partial charge is 0.316 e. The summed E-state index contributed by atoms with van der Waals surface area (Å²) in [4.78, 5) is 12.2. The number of ketones is 1. The van der Waals surface area contributed by atoms with E-state index in [1.54, 1.807) is 0 Å². The average Bonchev–Trinajstić information content (AvgIpc) is 2.15. The van der Waals surface area contributed by atoms with Crippen molar-refractivity contribution in [1.29, 1.82) is 0 Å². The Hall–Kier alpha value is -1.15. The maximum atomic E-state index is 12.2. The van der Waals surface area contributed by atoms with Crippen molar-refractivity contribution in [2.45, 2.75) is 13.8 Å². The lowest BCUT2D eigenvalue weighted by Gasteiger charge is -2.32. The topological polar surface area (TPSA) is 29.1 Å². The van der Waals surface area contributed by atoms with E-state index in [2.05, 4.69) is 5.32 Å². The molecule has 0 amide bonds. The van der Waals surface area contributed by atoms with E-state index in [1.165, 1.54) is 0 Å². The molecule has 2 heteroatoms. The molecule has 1 aliphatic rings. The molecule has 1 heterocycles. The molecule has 0 saturated carbocycles. The summed E-state index contributed by atoms with van der Waals surface area (Å²) in [6, 6.07) is 7.84. The van der Waals surface area contributed by atoms with Gasteiger partial charge in [0.05, 0.1) is 0 Å². The molecule has 2 rings (SSSR count). The van der Waals surface area contributed by atoms with Gasteiger partial charge in [-0.3, -0.25) is 4.79 Å². The normalized spacial score (nSPS) is 18.3. The van der Waals surface area contributed by atoms with Crippen LogP contribution in [0.5, 0.6) is 0 Å². The van der Waals surface area contributed by atoms with Gasteiger partial charge in [-0.25, -0.2) is 0 Å². The minimum absolute atomic E-state index is 0.146. The molecule has 0 aliphatic carbocycles. The zero-order valence-electron chi connectivity index (χ0n) is 9.29. The number of hydrogen-bond acceptors (Lipinski definition) is 2. The number of hydrogen-bond donors (Lipinski definition) is 1. The molecule has 0 radical (unpaired) electrons. The van der Waals surface area contributed by atoms with Gasteiger partial charge in [0.1, 0.15) is 0 Å². The van der Waals surface area contributed by atoms with Crippen molar-refractivity contribution in [2.75, 3.05) is 13.1 Å². The Bertz CT molecular complexity index is 369. The summed E-state index contributed by atoms with van der Waals surface area (Å²) in [5.74, 6) is 0.962. The summed E-state index contributed by atoms with van der Waals surface area (Å²) in [5.41, 5.74) is 1.97. The van der Waals surface area contributed by atoms with E-state index in [9.17, 15) is 4.79 Å². The highest BCUT2D eigenvalue weighted by Gasteiger charge is 2.29. The number of carbonyl (C=O) groups is 1. The minimum Gasteiger partial charge on any atom is -0.316 e. The molecule has 1 aromatic carbocycles. The van der Waals surface area contributed by atoms with E-state index >= 15 is 0 Å². The second-order valence-electron chi connectivity index (χ2n) is 4.39. The zero-order chi connectivity index (χ0) is 10.8. The van der Waals surface area contributed by atoms with Gasteiger partial charge in [0, 0.05) is 11.5 Å². The zero-order valence-corrected chi connectivity index (χ0v) is 9.29. The Balaban J connectivity index is 2.16. The summed E-state index contributed by atoms with van der Waals surface area (Å²) in [6.45, 7) is 6.01. The lowest BCUT2D eigenvalue weighted by molar-refractivity contribution is 0.0853. The molecule has 0 spiro atoms. The van der Waals surface area contributed by atoms with Crippen molar-refractivity contribution >= 4 is 5.78 Å². The summed E-state index contributed by atoms with van der Waals surface area (Å²) < 4.78 is 0. The Kier molecular flexibility index (Phi) is 2.87. The predicted octanol–water partition coefficient (Wildman–Crippen LogP) is 2.03. The first kappa shape index (κ1) is 10.4. The third-order valence-corrected chi connectivity index (χ3v) is 3.34. The van der Waals surface area contributed by atoms with Crippen LogP contribution in [0.25, 0.3) is 0 Å². The van der Waals surface area contributed by atoms with E-state index in [0.29, 0.717) is 11.7 Å². The van der Waals surface area contributed by atoms with Gasteiger partial charge in [0.2, 0.25) is 0 Å². The highest BCUT2D eigenvalue weighted by atomic mass is 16.1. The van der Waals surface area contributed by atoms with E-state index in [4.69, 9.17) is 0 Å². The van der Waals surface area contributed by atoms with Gasteiger partial charge in [0.25, 0.3) is 0 Å². The van der Waals surface area contributed by atoms with Crippen LogP contribution in [-0.2, 0) is 0 Å². The lowest BCUT2D eigenvalue weighted by atomic mass is 9.82. The quantitative estimate of drug-likeness (QED) is 0.762. The van der Waals surface area contributed by atoms with Crippen LogP contribution in [0, 0.1) is 18.8 Å². The Morgan fingerprint density at radius 1 is 1.40 bits per heavy atom. The maximum absolute atomic E-state index is 12.2. The van der Waals surface area contributed by atoms with Crippen LogP contribution in [-0.4, -0.2) is 18.9 Å². The van der Waals surface area contributed by atoms with E-state index in [0.717, 1.165) is 24.2 Å². The molecule has 0 bridgehead atoms. The number of nitrogens with one attached hydrogen (secondary N) is 1. The van der Waals surface area contributed by atoms with Gasteiger partial charge in [-0.2, -0.15) is 0 Å². The van der Waals surface area contributed by atoms with Crippen molar-refractivity contribution in [3.63, 3.8) is 0 Å². The number of benzene rings is 1. The first-order chi connectivity index (χ1) is 7.20. The molecule has 1 N–H and O–H groups in total. The molecule has 0 aromatic heterocycles. The number of rotatable bonds is 3. The van der Waals surface area contributed by atoms with Gasteiger partial charge in [0.15, 0.2) is 5.78 Å². The van der Waals surface area contributed by atoms with E-state index < -0.39 is 0 Å². The van der Waals surface area contributed by atoms with Gasteiger partial charge in [-0.05, 0) is 31.5 Å². The van der Waals surface area contributed by atoms with Gasteiger partial charge in [-0.1, -0.05) is 31.2 Å². The average molecular weight is 203 g/mol. The van der Waals surface area contributed by atoms with Crippen molar-refractivity contribution in [3.05, 3.63) is 35.4 Å². The Morgan fingerprint density at radius 2 is 2.07 bits per heavy atom. The van der Waals surface area contributed by atoms with Crippen LogP contribution in [0.1, 0.15) is 22.8 Å². The van der Waals surface area contributed by atoms with Crippen molar-refractivity contribution in [2.24, 2.45) is 11.8 Å². The maximum Gasteiger partial charge on any atom is 0.166 e. The molecule has 1 unspecified atom stereocenters. The summed E-state index contributed by atoms with van der Waals surface area (Å²) in [7, 11) is 0. The molecule has 15 heavy (non-hydrogen) atoms. The minimum atomic E-state index is 0.146. The molecule has 2 nitrogen and oxygen atoms in total. The fourth-order valence-corrected chi connectivity index (χ4v) is 1.97. The smallest absolute Gasteiger partial charge is 0.166 e. The first-order valence-electron chi connectivity index (χ1n) is 5.50. The van der Waals surface area contributed by atoms with Crippen LogP contribution in [0.15, 0.2) is 24.3 Å². The fourth-order valence-electron chi connectivity index (χ4n) is 1.97. The first-order valence-corrected chi connectivity index (χ1v) is 5.50. The molecule has 1 aromatic rings. The molecule has 1 fully saturated rings. The summed E-state index contributed by atoms with van der Waals surface area (Å²) in [6.07, 6.45) is 0. The molecule has 1 saturated heterocycles. The molecular formula is C13H17NO. The second-order valence-corrected chi connectivity index (χ2v) is 4.39. The summed E-state index contributed by atoms with van der Waals surface area (Å²) in [5, 5.41) is 3.21. The summed E-state index contributed by atoms with van der Waals surface area (Å²) >= 11 is 0. The molecule has 1 atom stereocenters. The Morgan fingerprint density at radius 3 is 2.60 bits per heavy atom. The van der Waals surface area contributed by atoms with Crippen molar-refractivity contribution < 1.29 is 4.79 Å². The lowest BCUT2D eigenvalue weighted by Crippen LogP contribution is -2.47. The van der Waals surface area contributed by atoms with Crippen LogP contribution >= 0.6 is 0 Å². The molecule has 80 valence electrons. The highest BCUT2D eigenvalue weighted by molar-refractivity contribution is 5.99. The van der Waals surface area contributed by atoms with Crippen LogP contribution in [0.2, 0.25) is 0 Å². The SMILES string of the molecule is Cc1ccccc1C(=O)C(C)C1CNC1. The van der Waals surface area contributed by atoms with Crippen LogP contribution in [0.3, 0.4) is 0 Å². The second kappa shape index (κ2) is 4.15. The van der Waals surface area contributed by atoms with Gasteiger partial charge >= 0.3 is 0 Å². The van der Waals surface area contributed by atoms with E-state index in [1.807, 2.05) is 38.1 Å². The molecule has 1 aliphatic heterocycles. The predicted molar refractivity (Wildman–Crippen MR) is 61.0 cm³/mol. The fraction of sp³-hybridized carbons (Fsp3) is 0.462. The number of aryl methyl sites for hydroxylation is 1. The van der Waals surface area contributed by atoms with Gasteiger partial charge in [-0.15, -0.1) is 0 Å². The third kappa shape index (κ3) is 1.95. The highest BCUT2D eigenvalue weighted by Crippen LogP contribution is 2.22. The Labute approximate surface area is 90.7 Å². The molecular weight excluding hydrogens is 186 g/mol. The number of carbonyl (C=O) groups excluding carboxylic acids is 1. The standard InChI is InChI=1S/C13H17NO/c1-9-5-3-4-6-12(9)13(15)10(2)11-7-14-8-11/h3-6,10-11,14H,7-8H2,1-2H3. The van der Waals surface area contributed by atoms with Crippen LogP contribution < -0.4 is 5.32 Å². The van der Waals surface area contributed by atoms with Crippen molar-refractivity contribution in [3.8, 4) is 0 Å². The monoisotopic (exact) mass is 203 g/mol. The number of Topliss-reactive ketones (excluding diaryl/α,β-unsaturated/α-hetero) is 1. The van der Waals surface area contributed by atoms with Crippen molar-refractivity contribution in [1.82, 2.24) is 5.32 Å². The van der Waals surface area contributed by atoms with Gasteiger partial charge < -0.3 is 5.32 Å².